The van der Waals surface area contributed by atoms with Crippen LogP contribution < -0.4 is 22.3 Å². The summed E-state index contributed by atoms with van der Waals surface area (Å²) in [5, 5.41) is 0. The van der Waals surface area contributed by atoms with Crippen LogP contribution in [0.5, 0.6) is 0 Å². The van der Waals surface area contributed by atoms with Gasteiger partial charge in [0.2, 0.25) is 0 Å². The topological polar surface area (TPSA) is 158 Å². The van der Waals surface area contributed by atoms with Crippen LogP contribution in [0.25, 0.3) is 11.7 Å². The summed E-state index contributed by atoms with van der Waals surface area (Å²) in [6.07, 6.45) is 0. The van der Waals surface area contributed by atoms with Gasteiger partial charge in [0.15, 0.2) is 0 Å². The maximum absolute atomic E-state index is 9.29. The van der Waals surface area contributed by atoms with Crippen LogP contribution in [-0.4, -0.2) is 12.1 Å². The standard InChI is InChI=1S/2CH4N3O.Fe/c2*2-1(5)4-3;/h2*3H,(H3,2,4,5);/q2*-1;+2. The number of amides is 4. The number of hydrogen-bond acceptors (Lipinski definition) is 2. The number of nitrogens with two attached hydrogens (primary N) is 2. The van der Waals surface area contributed by atoms with Crippen LogP contribution in [0.4, 0.5) is 9.59 Å². The number of hydrogen-bond donors (Lipinski definition) is 4. The van der Waals surface area contributed by atoms with Gasteiger partial charge in [-0.2, -0.15) is 0 Å². The largest absolute Gasteiger partial charge is 2.00 e. The van der Waals surface area contributed by atoms with E-state index in [4.69, 9.17) is 11.7 Å². The van der Waals surface area contributed by atoms with E-state index in [9.17, 15) is 9.59 Å². The van der Waals surface area contributed by atoms with Crippen molar-refractivity contribution < 1.29 is 26.7 Å². The fourth-order valence-corrected chi connectivity index (χ4v) is 0. The molecule has 0 saturated carbocycles. The first-order chi connectivity index (χ1) is 4.54. The monoisotopic (exact) mass is 204 g/mol. The summed E-state index contributed by atoms with van der Waals surface area (Å²) in [5.74, 6) is 11.9. The van der Waals surface area contributed by atoms with Gasteiger partial charge in [0.05, 0.1) is 0 Å². The molecular formula is C2H8FeN6O2. The maximum atomic E-state index is 9.29. The average Bonchev–Trinajstić information content (AvgIpc) is 1.89. The molecule has 0 bridgehead atoms. The Morgan fingerprint density at radius 3 is 1.09 bits per heavy atom. The van der Waals surface area contributed by atoms with Gasteiger partial charge in [-0.3, -0.25) is 9.59 Å². The van der Waals surface area contributed by atoms with Crippen LogP contribution in [0.1, 0.15) is 0 Å². The van der Waals surface area contributed by atoms with Gasteiger partial charge < -0.3 is 34.0 Å². The molecule has 0 rings (SSSR count). The minimum Gasteiger partial charge on any atom is -0.582 e. The molecule has 0 aliphatic carbocycles. The van der Waals surface area contributed by atoms with Crippen molar-refractivity contribution in [3.05, 3.63) is 11.7 Å². The Balaban J connectivity index is -0.000000107. The summed E-state index contributed by atoms with van der Waals surface area (Å²) in [6.45, 7) is 0. The van der Waals surface area contributed by atoms with E-state index in [1.165, 1.54) is 10.9 Å². The summed E-state index contributed by atoms with van der Waals surface area (Å²) >= 11 is 0. The van der Waals surface area contributed by atoms with Crippen molar-refractivity contribution >= 4 is 12.1 Å². The first-order valence-electron chi connectivity index (χ1n) is 1.99. The van der Waals surface area contributed by atoms with Crippen molar-refractivity contribution in [3.8, 4) is 0 Å². The second-order valence-corrected chi connectivity index (χ2v) is 0.979. The average molecular weight is 204 g/mol. The van der Waals surface area contributed by atoms with Gasteiger partial charge in [-0.1, -0.05) is 0 Å². The molecule has 11 heavy (non-hydrogen) atoms. The Labute approximate surface area is 73.4 Å². The van der Waals surface area contributed by atoms with Crippen LogP contribution in [-0.2, 0) is 17.1 Å². The molecule has 9 heteroatoms. The van der Waals surface area contributed by atoms with Crippen molar-refractivity contribution in [1.29, 1.82) is 0 Å². The van der Waals surface area contributed by atoms with E-state index in [2.05, 4.69) is 11.5 Å². The van der Waals surface area contributed by atoms with E-state index in [0.717, 1.165) is 0 Å². The van der Waals surface area contributed by atoms with Gasteiger partial charge in [-0.25, -0.2) is 0 Å². The molecule has 0 saturated heterocycles. The van der Waals surface area contributed by atoms with E-state index < -0.39 is 12.1 Å². The number of primary amides is 2. The molecule has 0 spiro atoms. The smallest absolute Gasteiger partial charge is 0.582 e. The van der Waals surface area contributed by atoms with Crippen LogP contribution in [0.3, 0.4) is 0 Å². The summed E-state index contributed by atoms with van der Waals surface area (Å²) in [5.41, 5.74) is 11.5. The molecule has 0 atom stereocenters. The zero-order chi connectivity index (χ0) is 8.57. The van der Waals surface area contributed by atoms with E-state index in [1.807, 2.05) is 0 Å². The van der Waals surface area contributed by atoms with Crippen LogP contribution >= 0.6 is 0 Å². The Morgan fingerprint density at radius 1 is 1.00 bits per heavy atom. The Hall–Kier alpha value is -1.02. The fraction of sp³-hybridized carbons (Fsp3) is 0. The summed E-state index contributed by atoms with van der Waals surface area (Å²) in [4.78, 5) is 18.6. The van der Waals surface area contributed by atoms with Gasteiger partial charge >= 0.3 is 17.1 Å². The maximum Gasteiger partial charge on any atom is 2.00 e. The molecule has 0 aromatic carbocycles. The molecule has 0 unspecified atom stereocenters. The van der Waals surface area contributed by atoms with Crippen molar-refractivity contribution in [2.24, 2.45) is 11.5 Å². The zero-order valence-electron chi connectivity index (χ0n) is 5.32. The van der Waals surface area contributed by atoms with Crippen molar-refractivity contribution in [2.75, 3.05) is 0 Å². The number of nitrogens with one attached hydrogen (secondary N) is 4. The molecule has 0 radical (unpaired) electrons. The van der Waals surface area contributed by atoms with E-state index in [0.29, 0.717) is 0 Å². The van der Waals surface area contributed by atoms with Crippen molar-refractivity contribution in [3.63, 3.8) is 0 Å². The summed E-state index contributed by atoms with van der Waals surface area (Å²) < 4.78 is 0. The minimum atomic E-state index is -0.829. The van der Waals surface area contributed by atoms with Crippen molar-refractivity contribution in [2.45, 2.75) is 0 Å². The molecule has 8 nitrogen and oxygen atoms in total. The van der Waals surface area contributed by atoms with E-state index in [1.54, 1.807) is 0 Å². The van der Waals surface area contributed by atoms with E-state index in [-0.39, 0.29) is 17.1 Å². The normalized spacial score (nSPS) is 6.00. The van der Waals surface area contributed by atoms with Crippen LogP contribution in [0.2, 0.25) is 0 Å². The number of carbonyl (C=O) groups is 2. The molecule has 4 amide bonds. The molecule has 0 aliphatic rings. The molecule has 0 aromatic heterocycles. The second-order valence-electron chi connectivity index (χ2n) is 0.979. The molecule has 0 aliphatic heterocycles. The Kier molecular flexibility index (Phi) is 17.6. The Bertz CT molecular complexity index is 103. The van der Waals surface area contributed by atoms with Crippen LogP contribution in [0, 0.1) is 0 Å². The van der Waals surface area contributed by atoms with Gasteiger partial charge in [0, 0.05) is 0 Å². The quantitative estimate of drug-likeness (QED) is 0.302. The molecule has 0 heterocycles. The SMILES string of the molecule is [Fe+2].[NH-]NC(N)=O.[NH-]NC(N)=O. The van der Waals surface area contributed by atoms with Gasteiger partial charge in [-0.05, 0) is 0 Å². The van der Waals surface area contributed by atoms with Crippen molar-refractivity contribution in [1.82, 2.24) is 10.9 Å². The second kappa shape index (κ2) is 11.7. The van der Waals surface area contributed by atoms with E-state index >= 15 is 0 Å². The predicted molar refractivity (Wildman–Crippen MR) is 34.1 cm³/mol. The number of rotatable bonds is 0. The number of urea groups is 2. The molecular weight excluding hydrogens is 196 g/mol. The zero-order valence-corrected chi connectivity index (χ0v) is 6.43. The molecule has 0 aromatic rings. The van der Waals surface area contributed by atoms with Crippen LogP contribution in [0.15, 0.2) is 0 Å². The first-order valence-corrected chi connectivity index (χ1v) is 1.99. The minimum absolute atomic E-state index is 0. The number of carbonyl (C=O) groups excluding carboxylic acids is 2. The summed E-state index contributed by atoms with van der Waals surface area (Å²) in [6, 6.07) is -1.66. The van der Waals surface area contributed by atoms with Gasteiger partial charge in [0.1, 0.15) is 0 Å². The third-order valence-electron chi connectivity index (χ3n) is 0.246. The van der Waals surface area contributed by atoms with Gasteiger partial charge in [0.25, 0.3) is 12.1 Å². The Morgan fingerprint density at radius 2 is 1.09 bits per heavy atom. The predicted octanol–water partition coefficient (Wildman–Crippen LogP) is -0.759. The fourth-order valence-electron chi connectivity index (χ4n) is 0. The molecule has 66 valence electrons. The summed E-state index contributed by atoms with van der Waals surface area (Å²) in [7, 11) is 0. The third kappa shape index (κ3) is 49.3. The third-order valence-corrected chi connectivity index (χ3v) is 0.246. The first kappa shape index (κ1) is 16.5. The molecule has 8 N–H and O–H groups in total. The molecule has 0 fully saturated rings. The van der Waals surface area contributed by atoms with Gasteiger partial charge in [-0.15, -0.1) is 0 Å².